The maximum absolute atomic E-state index is 4.18. The third-order valence-electron chi connectivity index (χ3n) is 3.19. The third-order valence-corrected chi connectivity index (χ3v) is 3.19. The molecular formula is C9H15. The van der Waals surface area contributed by atoms with Crippen molar-refractivity contribution >= 4 is 0 Å². The van der Waals surface area contributed by atoms with E-state index in [0.717, 1.165) is 17.8 Å². The first-order chi connectivity index (χ1) is 4.36. The van der Waals surface area contributed by atoms with Gasteiger partial charge in [0, 0.05) is 0 Å². The van der Waals surface area contributed by atoms with E-state index in [1.807, 2.05) is 0 Å². The molecule has 0 saturated heterocycles. The predicted octanol–water partition coefficient (Wildman–Crippen LogP) is 2.65. The quantitative estimate of drug-likeness (QED) is 0.464. The van der Waals surface area contributed by atoms with E-state index in [2.05, 4.69) is 6.92 Å². The molecule has 0 spiro atoms. The van der Waals surface area contributed by atoms with Crippen molar-refractivity contribution in [2.75, 3.05) is 0 Å². The van der Waals surface area contributed by atoms with Crippen molar-refractivity contribution in [2.24, 2.45) is 17.8 Å². The van der Waals surface area contributed by atoms with Gasteiger partial charge in [-0.25, -0.2) is 0 Å². The second-order valence-corrected chi connectivity index (χ2v) is 3.78. The van der Waals surface area contributed by atoms with E-state index in [4.69, 9.17) is 0 Å². The molecule has 0 aromatic rings. The summed E-state index contributed by atoms with van der Waals surface area (Å²) in [5.74, 6) is 2.93. The standard InChI is InChI=1S/C9H15/c1-7-2-3-8-4-5-9(7)6-8/h7-9H,1-6H2. The monoisotopic (exact) mass is 123 g/mol. The number of hydrogen-bond acceptors (Lipinski definition) is 0. The Balaban J connectivity index is 2.05. The molecule has 0 amide bonds. The van der Waals surface area contributed by atoms with E-state index in [0.29, 0.717) is 0 Å². The minimum Gasteiger partial charge on any atom is -0.0502 e. The Bertz CT molecular complexity index is 107. The van der Waals surface area contributed by atoms with Crippen molar-refractivity contribution in [1.82, 2.24) is 0 Å². The largest absolute Gasteiger partial charge is 0.0502 e. The number of fused-ring (bicyclic) bond motifs is 2. The Morgan fingerprint density at radius 3 is 2.56 bits per heavy atom. The van der Waals surface area contributed by atoms with Crippen LogP contribution in [0.4, 0.5) is 0 Å². The predicted molar refractivity (Wildman–Crippen MR) is 38.9 cm³/mol. The molecular weight excluding hydrogens is 108 g/mol. The molecule has 2 saturated carbocycles. The van der Waals surface area contributed by atoms with E-state index in [1.165, 1.54) is 32.1 Å². The molecule has 2 fully saturated rings. The van der Waals surface area contributed by atoms with Crippen LogP contribution in [0.15, 0.2) is 0 Å². The molecule has 0 aromatic heterocycles. The molecule has 1 radical (unpaired) electrons. The maximum atomic E-state index is 4.18. The minimum absolute atomic E-state index is 0.809. The number of hydrogen-bond donors (Lipinski definition) is 0. The summed E-state index contributed by atoms with van der Waals surface area (Å²) < 4.78 is 0. The van der Waals surface area contributed by atoms with E-state index in [1.54, 1.807) is 0 Å². The first-order valence-corrected chi connectivity index (χ1v) is 4.19. The van der Waals surface area contributed by atoms with Gasteiger partial charge < -0.3 is 0 Å². The molecule has 3 atom stereocenters. The molecule has 2 aliphatic rings. The average molecular weight is 123 g/mol. The highest BCUT2D eigenvalue weighted by Gasteiger charge is 2.32. The van der Waals surface area contributed by atoms with Crippen LogP contribution in [0, 0.1) is 24.7 Å². The molecule has 0 heteroatoms. The van der Waals surface area contributed by atoms with Crippen LogP contribution < -0.4 is 0 Å². The minimum atomic E-state index is 0.809. The van der Waals surface area contributed by atoms with Crippen molar-refractivity contribution < 1.29 is 0 Å². The lowest BCUT2D eigenvalue weighted by molar-refractivity contribution is 0.289. The molecule has 0 aromatic carbocycles. The zero-order chi connectivity index (χ0) is 6.27. The summed E-state index contributed by atoms with van der Waals surface area (Å²) in [5.41, 5.74) is 0. The van der Waals surface area contributed by atoms with Gasteiger partial charge in [-0.1, -0.05) is 12.8 Å². The fourth-order valence-corrected chi connectivity index (χ4v) is 2.49. The van der Waals surface area contributed by atoms with Gasteiger partial charge in [-0.2, -0.15) is 0 Å². The van der Waals surface area contributed by atoms with Crippen LogP contribution in [0.25, 0.3) is 0 Å². The Labute approximate surface area is 57.6 Å². The SMILES string of the molecule is [CH2]C1CCC2CCC1C2. The first kappa shape index (κ1) is 5.76. The summed E-state index contributed by atoms with van der Waals surface area (Å²) in [6, 6.07) is 0. The molecule has 0 nitrogen and oxygen atoms in total. The highest BCUT2D eigenvalue weighted by Crippen LogP contribution is 2.44. The normalized spacial score (nSPS) is 49.7. The highest BCUT2D eigenvalue weighted by molar-refractivity contribution is 4.87. The molecule has 9 heavy (non-hydrogen) atoms. The summed E-state index contributed by atoms with van der Waals surface area (Å²) in [7, 11) is 0. The van der Waals surface area contributed by atoms with Gasteiger partial charge in [-0.3, -0.25) is 0 Å². The van der Waals surface area contributed by atoms with E-state index < -0.39 is 0 Å². The Hall–Kier alpha value is 0. The van der Waals surface area contributed by atoms with Crippen molar-refractivity contribution in [1.29, 1.82) is 0 Å². The van der Waals surface area contributed by atoms with Crippen LogP contribution in [0.2, 0.25) is 0 Å². The fraction of sp³-hybridized carbons (Fsp3) is 0.889. The van der Waals surface area contributed by atoms with Gasteiger partial charge in [0.25, 0.3) is 0 Å². The van der Waals surface area contributed by atoms with Crippen LogP contribution in [-0.4, -0.2) is 0 Å². The number of rotatable bonds is 0. The lowest BCUT2D eigenvalue weighted by Crippen LogP contribution is -2.14. The van der Waals surface area contributed by atoms with Crippen LogP contribution in [0.1, 0.15) is 32.1 Å². The summed E-state index contributed by atoms with van der Waals surface area (Å²) in [6.45, 7) is 4.18. The molecule has 0 aliphatic heterocycles. The zero-order valence-corrected chi connectivity index (χ0v) is 5.97. The lowest BCUT2D eigenvalue weighted by Gasteiger charge is -2.24. The highest BCUT2D eigenvalue weighted by atomic mass is 14.4. The molecule has 0 N–H and O–H groups in total. The summed E-state index contributed by atoms with van der Waals surface area (Å²) in [5, 5.41) is 0. The molecule has 2 rings (SSSR count). The second kappa shape index (κ2) is 2.00. The van der Waals surface area contributed by atoms with Gasteiger partial charge >= 0.3 is 0 Å². The third kappa shape index (κ3) is 0.889. The van der Waals surface area contributed by atoms with E-state index >= 15 is 0 Å². The van der Waals surface area contributed by atoms with Crippen LogP contribution in [-0.2, 0) is 0 Å². The van der Waals surface area contributed by atoms with Gasteiger partial charge in [0.1, 0.15) is 0 Å². The fourth-order valence-electron chi connectivity index (χ4n) is 2.49. The first-order valence-electron chi connectivity index (χ1n) is 4.19. The van der Waals surface area contributed by atoms with Crippen LogP contribution in [0.5, 0.6) is 0 Å². The Kier molecular flexibility index (Phi) is 1.28. The summed E-state index contributed by atoms with van der Waals surface area (Å²) >= 11 is 0. The van der Waals surface area contributed by atoms with Gasteiger partial charge in [0.05, 0.1) is 0 Å². The smallest absolute Gasteiger partial charge is 0.0383 e. The van der Waals surface area contributed by atoms with Crippen molar-refractivity contribution in [3.63, 3.8) is 0 Å². The summed E-state index contributed by atoms with van der Waals surface area (Å²) in [6.07, 6.45) is 7.39. The van der Waals surface area contributed by atoms with Crippen molar-refractivity contribution in [3.8, 4) is 0 Å². The molecule has 3 unspecified atom stereocenters. The Morgan fingerprint density at radius 1 is 1.00 bits per heavy atom. The topological polar surface area (TPSA) is 0 Å². The Morgan fingerprint density at radius 2 is 1.78 bits per heavy atom. The van der Waals surface area contributed by atoms with Gasteiger partial charge in [0.15, 0.2) is 0 Å². The van der Waals surface area contributed by atoms with Gasteiger partial charge in [-0.05, 0) is 43.9 Å². The van der Waals surface area contributed by atoms with Gasteiger partial charge in [0.2, 0.25) is 0 Å². The van der Waals surface area contributed by atoms with Crippen LogP contribution >= 0.6 is 0 Å². The van der Waals surface area contributed by atoms with Crippen molar-refractivity contribution in [2.45, 2.75) is 32.1 Å². The molecule has 0 heterocycles. The maximum Gasteiger partial charge on any atom is -0.0383 e. The molecule has 2 bridgehead atoms. The second-order valence-electron chi connectivity index (χ2n) is 3.78. The van der Waals surface area contributed by atoms with Crippen molar-refractivity contribution in [3.05, 3.63) is 6.92 Å². The molecule has 51 valence electrons. The molecule has 2 aliphatic carbocycles. The van der Waals surface area contributed by atoms with E-state index in [9.17, 15) is 0 Å². The van der Waals surface area contributed by atoms with Gasteiger partial charge in [-0.15, -0.1) is 0 Å². The lowest BCUT2D eigenvalue weighted by atomic mass is 9.81. The average Bonchev–Trinajstić information content (AvgIpc) is 2.25. The van der Waals surface area contributed by atoms with E-state index in [-0.39, 0.29) is 0 Å². The van der Waals surface area contributed by atoms with Crippen LogP contribution in [0.3, 0.4) is 0 Å². The summed E-state index contributed by atoms with van der Waals surface area (Å²) in [4.78, 5) is 0. The zero-order valence-electron chi connectivity index (χ0n) is 5.97.